The summed E-state index contributed by atoms with van der Waals surface area (Å²) < 4.78 is 0. The smallest absolute Gasteiger partial charge is 0.253 e. The standard InChI is InChI=1S/C16H25N3O/c1-3-7-16(8-9-16)11-19-14-10-12(17)5-6-13(14)15(20)18-4-2/h5-6,10,19H,3-4,7-9,11,17H2,1-2H3,(H,18,20). The zero-order valence-corrected chi connectivity index (χ0v) is 12.5. The minimum Gasteiger partial charge on any atom is -0.399 e. The van der Waals surface area contributed by atoms with Gasteiger partial charge in [0.25, 0.3) is 5.91 Å². The number of amides is 1. The molecule has 0 aromatic heterocycles. The summed E-state index contributed by atoms with van der Waals surface area (Å²) in [7, 11) is 0. The van der Waals surface area contributed by atoms with Crippen LogP contribution < -0.4 is 16.4 Å². The lowest BCUT2D eigenvalue weighted by molar-refractivity contribution is 0.0956. The first-order valence-electron chi connectivity index (χ1n) is 7.52. The summed E-state index contributed by atoms with van der Waals surface area (Å²) in [6.07, 6.45) is 5.03. The van der Waals surface area contributed by atoms with Gasteiger partial charge in [-0.2, -0.15) is 0 Å². The lowest BCUT2D eigenvalue weighted by Gasteiger charge is -2.18. The molecule has 0 unspecified atom stereocenters. The molecule has 0 radical (unpaired) electrons. The van der Waals surface area contributed by atoms with Crippen LogP contribution in [0.1, 0.15) is 49.9 Å². The number of nitrogen functional groups attached to an aromatic ring is 1. The van der Waals surface area contributed by atoms with E-state index >= 15 is 0 Å². The second kappa shape index (κ2) is 6.16. The van der Waals surface area contributed by atoms with E-state index in [1.165, 1.54) is 25.7 Å². The fraction of sp³-hybridized carbons (Fsp3) is 0.562. The topological polar surface area (TPSA) is 67.1 Å². The Labute approximate surface area is 121 Å². The van der Waals surface area contributed by atoms with Gasteiger partial charge in [-0.15, -0.1) is 0 Å². The molecular formula is C16H25N3O. The van der Waals surface area contributed by atoms with Gasteiger partial charge in [0.05, 0.1) is 5.56 Å². The third-order valence-corrected chi connectivity index (χ3v) is 4.02. The van der Waals surface area contributed by atoms with Crippen molar-refractivity contribution in [1.82, 2.24) is 5.32 Å². The molecule has 4 heteroatoms. The zero-order chi connectivity index (χ0) is 14.6. The van der Waals surface area contributed by atoms with E-state index in [9.17, 15) is 4.79 Å². The van der Waals surface area contributed by atoms with Crippen LogP contribution in [0.5, 0.6) is 0 Å². The van der Waals surface area contributed by atoms with Crippen molar-refractivity contribution in [1.29, 1.82) is 0 Å². The fourth-order valence-electron chi connectivity index (χ4n) is 2.67. The van der Waals surface area contributed by atoms with Gasteiger partial charge in [-0.1, -0.05) is 13.3 Å². The number of nitrogens with two attached hydrogens (primary N) is 1. The Kier molecular flexibility index (Phi) is 4.53. The first kappa shape index (κ1) is 14.7. The number of carbonyl (C=O) groups is 1. The van der Waals surface area contributed by atoms with Crippen LogP contribution in [0.2, 0.25) is 0 Å². The second-order valence-corrected chi connectivity index (χ2v) is 5.77. The van der Waals surface area contributed by atoms with E-state index in [0.717, 1.165) is 12.2 Å². The first-order chi connectivity index (χ1) is 9.60. The predicted octanol–water partition coefficient (Wildman–Crippen LogP) is 3.01. The summed E-state index contributed by atoms with van der Waals surface area (Å²) in [6.45, 7) is 5.70. The third kappa shape index (κ3) is 3.44. The highest BCUT2D eigenvalue weighted by Gasteiger charge is 2.41. The maximum atomic E-state index is 12.1. The van der Waals surface area contributed by atoms with Gasteiger partial charge in [0.2, 0.25) is 0 Å². The minimum absolute atomic E-state index is 0.0460. The summed E-state index contributed by atoms with van der Waals surface area (Å²) in [5.41, 5.74) is 8.49. The molecule has 1 fully saturated rings. The number of nitrogens with one attached hydrogen (secondary N) is 2. The number of rotatable bonds is 7. The largest absolute Gasteiger partial charge is 0.399 e. The van der Waals surface area contributed by atoms with Gasteiger partial charge in [0.1, 0.15) is 0 Å². The van der Waals surface area contributed by atoms with E-state index in [4.69, 9.17) is 5.73 Å². The highest BCUT2D eigenvalue weighted by atomic mass is 16.1. The molecule has 1 amide bonds. The Hall–Kier alpha value is -1.71. The molecule has 1 aliphatic rings. The molecule has 0 bridgehead atoms. The van der Waals surface area contributed by atoms with E-state index in [0.29, 0.717) is 23.2 Å². The van der Waals surface area contributed by atoms with E-state index in [1.54, 1.807) is 12.1 Å². The number of anilines is 2. The van der Waals surface area contributed by atoms with Crippen LogP contribution >= 0.6 is 0 Å². The van der Waals surface area contributed by atoms with Crippen molar-refractivity contribution in [2.24, 2.45) is 5.41 Å². The van der Waals surface area contributed by atoms with Crippen LogP contribution in [-0.2, 0) is 0 Å². The van der Waals surface area contributed by atoms with Gasteiger partial charge in [0, 0.05) is 24.5 Å². The lowest BCUT2D eigenvalue weighted by atomic mass is 10.0. The van der Waals surface area contributed by atoms with Crippen molar-refractivity contribution >= 4 is 17.3 Å². The fourth-order valence-corrected chi connectivity index (χ4v) is 2.67. The molecule has 0 aliphatic heterocycles. The molecule has 4 N–H and O–H groups in total. The van der Waals surface area contributed by atoms with Crippen LogP contribution in [0, 0.1) is 5.41 Å². The SMILES string of the molecule is CCCC1(CNc2cc(N)ccc2C(=O)NCC)CC1. The number of benzene rings is 1. The van der Waals surface area contributed by atoms with Crippen molar-refractivity contribution in [2.75, 3.05) is 24.1 Å². The number of hydrogen-bond acceptors (Lipinski definition) is 3. The van der Waals surface area contributed by atoms with Gasteiger partial charge in [-0.25, -0.2) is 0 Å². The van der Waals surface area contributed by atoms with Crippen molar-refractivity contribution in [3.8, 4) is 0 Å². The Bertz CT molecular complexity index is 481. The molecule has 20 heavy (non-hydrogen) atoms. The van der Waals surface area contributed by atoms with Gasteiger partial charge in [-0.3, -0.25) is 4.79 Å². The van der Waals surface area contributed by atoms with E-state index in [2.05, 4.69) is 17.6 Å². The van der Waals surface area contributed by atoms with Crippen LogP contribution in [0.3, 0.4) is 0 Å². The second-order valence-electron chi connectivity index (χ2n) is 5.77. The third-order valence-electron chi connectivity index (χ3n) is 4.02. The van der Waals surface area contributed by atoms with Crippen molar-refractivity contribution < 1.29 is 4.79 Å². The molecule has 1 aliphatic carbocycles. The van der Waals surface area contributed by atoms with Crippen molar-refractivity contribution in [2.45, 2.75) is 39.5 Å². The molecule has 4 nitrogen and oxygen atoms in total. The number of hydrogen-bond donors (Lipinski definition) is 3. The maximum absolute atomic E-state index is 12.1. The first-order valence-corrected chi connectivity index (χ1v) is 7.52. The Morgan fingerprint density at radius 1 is 1.35 bits per heavy atom. The minimum atomic E-state index is -0.0460. The van der Waals surface area contributed by atoms with Crippen molar-refractivity contribution in [3.63, 3.8) is 0 Å². The Balaban J connectivity index is 2.09. The Morgan fingerprint density at radius 2 is 2.10 bits per heavy atom. The van der Waals surface area contributed by atoms with Crippen molar-refractivity contribution in [3.05, 3.63) is 23.8 Å². The molecule has 1 saturated carbocycles. The predicted molar refractivity (Wildman–Crippen MR) is 83.9 cm³/mol. The summed E-state index contributed by atoms with van der Waals surface area (Å²) in [4.78, 5) is 12.1. The average Bonchev–Trinajstić information content (AvgIpc) is 3.17. The van der Waals surface area contributed by atoms with E-state index in [1.807, 2.05) is 13.0 Å². The quantitative estimate of drug-likeness (QED) is 0.670. The molecule has 0 saturated heterocycles. The normalized spacial score (nSPS) is 15.7. The van der Waals surface area contributed by atoms with Gasteiger partial charge < -0.3 is 16.4 Å². The molecule has 0 heterocycles. The summed E-state index contributed by atoms with van der Waals surface area (Å²) in [6, 6.07) is 5.42. The molecule has 1 aromatic rings. The van der Waals surface area contributed by atoms with Crippen LogP contribution in [0.25, 0.3) is 0 Å². The lowest BCUT2D eigenvalue weighted by Crippen LogP contribution is -2.25. The summed E-state index contributed by atoms with van der Waals surface area (Å²) in [5.74, 6) is -0.0460. The highest BCUT2D eigenvalue weighted by molar-refractivity contribution is 6.00. The average molecular weight is 275 g/mol. The molecule has 110 valence electrons. The molecule has 1 aromatic carbocycles. The van der Waals surface area contributed by atoms with Crippen LogP contribution in [-0.4, -0.2) is 19.0 Å². The molecule has 0 atom stereocenters. The molecule has 0 spiro atoms. The Morgan fingerprint density at radius 3 is 2.70 bits per heavy atom. The zero-order valence-electron chi connectivity index (χ0n) is 12.5. The van der Waals surface area contributed by atoms with Gasteiger partial charge in [0.15, 0.2) is 0 Å². The monoisotopic (exact) mass is 275 g/mol. The van der Waals surface area contributed by atoms with Crippen LogP contribution in [0.4, 0.5) is 11.4 Å². The summed E-state index contributed by atoms with van der Waals surface area (Å²) in [5, 5.41) is 6.28. The van der Waals surface area contributed by atoms with Gasteiger partial charge in [-0.05, 0) is 49.8 Å². The molecular weight excluding hydrogens is 250 g/mol. The summed E-state index contributed by atoms with van der Waals surface area (Å²) >= 11 is 0. The highest BCUT2D eigenvalue weighted by Crippen LogP contribution is 2.49. The van der Waals surface area contributed by atoms with E-state index < -0.39 is 0 Å². The van der Waals surface area contributed by atoms with Gasteiger partial charge >= 0.3 is 0 Å². The maximum Gasteiger partial charge on any atom is 0.253 e. The van der Waals surface area contributed by atoms with Crippen LogP contribution in [0.15, 0.2) is 18.2 Å². The molecule has 2 rings (SSSR count). The number of carbonyl (C=O) groups excluding carboxylic acids is 1. The van der Waals surface area contributed by atoms with E-state index in [-0.39, 0.29) is 5.91 Å².